The molecular formula is C32H35N11O2S. The van der Waals surface area contributed by atoms with Gasteiger partial charge in [-0.15, -0.1) is 11.3 Å². The summed E-state index contributed by atoms with van der Waals surface area (Å²) in [5.41, 5.74) is 10.0. The first-order valence-corrected chi connectivity index (χ1v) is 16.7. The number of nitrogens with zero attached hydrogens (tertiary/aromatic N) is 9. The highest BCUT2D eigenvalue weighted by atomic mass is 32.1. The van der Waals surface area contributed by atoms with Crippen LogP contribution in [0.3, 0.4) is 0 Å². The number of aryl methyl sites for hydroxylation is 1. The lowest BCUT2D eigenvalue weighted by atomic mass is 9.63. The molecule has 6 heterocycles. The minimum atomic E-state index is -0.452. The Balaban J connectivity index is 1.31. The number of hydrogen-bond donors (Lipinski definition) is 2. The van der Waals surface area contributed by atoms with Crippen molar-refractivity contribution in [3.05, 3.63) is 51.5 Å². The number of nitrogens with one attached hydrogen (secondary N) is 1. The number of nitrogen functional groups attached to an aromatic ring is 1. The molecule has 8 rings (SSSR count). The maximum absolute atomic E-state index is 12.4. The molecule has 3 N–H and O–H groups in total. The lowest BCUT2D eigenvalue weighted by molar-refractivity contribution is 0.0957. The van der Waals surface area contributed by atoms with Crippen LogP contribution >= 0.6 is 11.3 Å². The standard InChI is InChI=1S/C32H35N11O2S/c1-17(22-8-6-13-41(22)3)43-30-20(16-36-43)29(42-14-10-21(39-42)31(44)35-2)37-28(38-30)25-18-7-4-11-32(26(18)45-40-25)12-5-9-23-24(32)19(15-33)27(34)46-23/h10,14,16-17,22H,4-9,11-13,34H2,1-3H3,(H,35,44)/t17-,22-,32-/m0/s1. The number of likely N-dealkylation sites (tertiary alicyclic amines) is 1. The van der Waals surface area contributed by atoms with Crippen molar-refractivity contribution in [3.8, 4) is 23.4 Å². The highest BCUT2D eigenvalue weighted by Gasteiger charge is 2.49. The van der Waals surface area contributed by atoms with Crippen molar-refractivity contribution in [1.29, 1.82) is 5.26 Å². The second kappa shape index (κ2) is 10.7. The van der Waals surface area contributed by atoms with Gasteiger partial charge >= 0.3 is 0 Å². The first-order chi connectivity index (χ1) is 22.3. The summed E-state index contributed by atoms with van der Waals surface area (Å²) in [6, 6.07) is 4.43. The zero-order valence-electron chi connectivity index (χ0n) is 26.1. The predicted octanol–water partition coefficient (Wildman–Crippen LogP) is 4.16. The van der Waals surface area contributed by atoms with E-state index in [1.54, 1.807) is 30.2 Å². The van der Waals surface area contributed by atoms with Crippen LogP contribution in [-0.4, -0.2) is 72.2 Å². The number of nitriles is 1. The van der Waals surface area contributed by atoms with Crippen LogP contribution in [0.4, 0.5) is 5.00 Å². The van der Waals surface area contributed by atoms with Crippen molar-refractivity contribution in [2.24, 2.45) is 0 Å². The van der Waals surface area contributed by atoms with E-state index in [0.29, 0.717) is 39.6 Å². The first-order valence-electron chi connectivity index (χ1n) is 15.9. The number of fused-ring (bicyclic) bond motifs is 5. The van der Waals surface area contributed by atoms with Crippen LogP contribution in [0, 0.1) is 11.3 Å². The molecule has 14 heteroatoms. The van der Waals surface area contributed by atoms with Gasteiger partial charge in [-0.3, -0.25) is 4.79 Å². The molecule has 46 heavy (non-hydrogen) atoms. The third kappa shape index (κ3) is 4.14. The molecule has 0 saturated carbocycles. The summed E-state index contributed by atoms with van der Waals surface area (Å²) >= 11 is 1.53. The highest BCUT2D eigenvalue weighted by molar-refractivity contribution is 7.16. The SMILES string of the molecule is CNC(=O)c1ccn(-c2nc(-c3noc4c3CCC[C@@]43CCCc4sc(N)c(C#N)c43)nc3c2cnn3[C@@H](C)[C@@H]2CCCN2C)n1. The first kappa shape index (κ1) is 28.8. The second-order valence-electron chi connectivity index (χ2n) is 12.7. The zero-order chi connectivity index (χ0) is 31.7. The van der Waals surface area contributed by atoms with E-state index < -0.39 is 5.41 Å². The van der Waals surface area contributed by atoms with E-state index in [-0.39, 0.29) is 17.6 Å². The number of carbonyl (C=O) groups excluding carboxylic acids is 1. The van der Waals surface area contributed by atoms with Gasteiger partial charge in [-0.25, -0.2) is 19.3 Å². The summed E-state index contributed by atoms with van der Waals surface area (Å²) in [6.45, 7) is 3.23. The number of likely N-dealkylation sites (N-methyl/N-ethyl adjacent to an activating group) is 1. The van der Waals surface area contributed by atoms with E-state index in [1.807, 2.05) is 4.68 Å². The molecule has 1 spiro atoms. The van der Waals surface area contributed by atoms with Crippen LogP contribution in [0.5, 0.6) is 0 Å². The Hall–Kier alpha value is -4.61. The van der Waals surface area contributed by atoms with Gasteiger partial charge in [0.05, 0.1) is 28.6 Å². The Morgan fingerprint density at radius 1 is 1.26 bits per heavy atom. The van der Waals surface area contributed by atoms with E-state index in [1.165, 1.54) is 16.2 Å². The van der Waals surface area contributed by atoms with Gasteiger partial charge in [0.25, 0.3) is 5.91 Å². The number of carbonyl (C=O) groups is 1. The fourth-order valence-electron chi connectivity index (χ4n) is 8.11. The van der Waals surface area contributed by atoms with Crippen LogP contribution in [0.15, 0.2) is 23.0 Å². The maximum Gasteiger partial charge on any atom is 0.271 e. The van der Waals surface area contributed by atoms with Gasteiger partial charge < -0.3 is 20.5 Å². The lowest BCUT2D eigenvalue weighted by Crippen LogP contribution is -2.35. The van der Waals surface area contributed by atoms with E-state index in [4.69, 9.17) is 25.3 Å². The zero-order valence-corrected chi connectivity index (χ0v) is 26.9. The fraction of sp³-hybridized carbons (Fsp3) is 0.469. The molecule has 1 amide bonds. The highest BCUT2D eigenvalue weighted by Crippen LogP contribution is 2.55. The smallest absolute Gasteiger partial charge is 0.271 e. The Morgan fingerprint density at radius 3 is 2.85 bits per heavy atom. The van der Waals surface area contributed by atoms with Crippen LogP contribution in [0.1, 0.15) is 89.3 Å². The van der Waals surface area contributed by atoms with Gasteiger partial charge in [0.1, 0.15) is 11.1 Å². The normalized spacial score (nSPS) is 21.7. The Morgan fingerprint density at radius 2 is 2.09 bits per heavy atom. The quantitative estimate of drug-likeness (QED) is 0.285. The Bertz CT molecular complexity index is 2040. The minimum absolute atomic E-state index is 0.0586. The van der Waals surface area contributed by atoms with Crippen molar-refractivity contribution in [2.75, 3.05) is 26.4 Å². The number of thiophene rings is 1. The van der Waals surface area contributed by atoms with Gasteiger partial charge in [0.15, 0.2) is 34.4 Å². The predicted molar refractivity (Wildman–Crippen MR) is 172 cm³/mol. The summed E-state index contributed by atoms with van der Waals surface area (Å²) in [5.74, 6) is 1.43. The number of hydrogen-bond acceptors (Lipinski definition) is 11. The molecule has 5 aromatic rings. The number of nitrogens with two attached hydrogens (primary N) is 1. The monoisotopic (exact) mass is 637 g/mol. The molecule has 0 unspecified atom stereocenters. The average Bonchev–Trinajstić information content (AvgIpc) is 3.89. The molecule has 1 saturated heterocycles. The van der Waals surface area contributed by atoms with Crippen LogP contribution in [0.25, 0.3) is 28.4 Å². The van der Waals surface area contributed by atoms with Gasteiger partial charge in [-0.1, -0.05) is 5.16 Å². The van der Waals surface area contributed by atoms with Crippen molar-refractivity contribution < 1.29 is 9.32 Å². The third-order valence-electron chi connectivity index (χ3n) is 10.3. The molecule has 236 valence electrons. The van der Waals surface area contributed by atoms with Gasteiger partial charge in [-0.05, 0) is 83.5 Å². The summed E-state index contributed by atoms with van der Waals surface area (Å²) in [5, 5.41) is 28.1. The average molecular weight is 638 g/mol. The van der Waals surface area contributed by atoms with Crippen molar-refractivity contribution in [2.45, 2.75) is 75.8 Å². The fourth-order valence-corrected chi connectivity index (χ4v) is 9.27. The maximum atomic E-state index is 12.4. The topological polar surface area (TPSA) is 170 Å². The number of amides is 1. The molecule has 0 radical (unpaired) electrons. The molecule has 3 aliphatic rings. The van der Waals surface area contributed by atoms with E-state index >= 15 is 0 Å². The third-order valence-corrected chi connectivity index (χ3v) is 11.4. The summed E-state index contributed by atoms with van der Waals surface area (Å²) in [6.07, 6.45) is 11.0. The second-order valence-corrected chi connectivity index (χ2v) is 13.9. The largest absolute Gasteiger partial charge is 0.389 e. The number of aromatic nitrogens is 7. The molecule has 1 aliphatic heterocycles. The van der Waals surface area contributed by atoms with Gasteiger partial charge in [0, 0.05) is 29.7 Å². The van der Waals surface area contributed by atoms with E-state index in [9.17, 15) is 10.1 Å². The molecular weight excluding hydrogens is 602 g/mol. The van der Waals surface area contributed by atoms with Crippen molar-refractivity contribution >= 4 is 33.3 Å². The molecule has 3 atom stereocenters. The van der Waals surface area contributed by atoms with Gasteiger partial charge in [0.2, 0.25) is 0 Å². The number of anilines is 1. The van der Waals surface area contributed by atoms with E-state index in [2.05, 4.69) is 40.5 Å². The lowest BCUT2D eigenvalue weighted by Gasteiger charge is -2.39. The van der Waals surface area contributed by atoms with Crippen LogP contribution in [0.2, 0.25) is 0 Å². The molecule has 0 bridgehead atoms. The minimum Gasteiger partial charge on any atom is -0.389 e. The van der Waals surface area contributed by atoms with Crippen molar-refractivity contribution in [1.82, 2.24) is 44.9 Å². The Kier molecular flexibility index (Phi) is 6.73. The molecule has 1 fully saturated rings. The molecule has 5 aromatic heterocycles. The Labute approximate surface area is 269 Å². The van der Waals surface area contributed by atoms with Gasteiger partial charge in [-0.2, -0.15) is 15.5 Å². The van der Waals surface area contributed by atoms with Crippen molar-refractivity contribution in [3.63, 3.8) is 0 Å². The molecule has 2 aliphatic carbocycles. The van der Waals surface area contributed by atoms with Crippen LogP contribution in [-0.2, 0) is 18.3 Å². The molecule has 13 nitrogen and oxygen atoms in total. The summed E-state index contributed by atoms with van der Waals surface area (Å²) in [7, 11) is 3.73. The number of rotatable bonds is 5. The van der Waals surface area contributed by atoms with Crippen LogP contribution < -0.4 is 11.1 Å². The molecule has 0 aromatic carbocycles. The summed E-state index contributed by atoms with van der Waals surface area (Å²) in [4.78, 5) is 26.1. The van der Waals surface area contributed by atoms with E-state index in [0.717, 1.165) is 80.2 Å². The summed E-state index contributed by atoms with van der Waals surface area (Å²) < 4.78 is 9.87.